The van der Waals surface area contributed by atoms with Crippen LogP contribution in [-0.4, -0.2) is 62.8 Å². The summed E-state index contributed by atoms with van der Waals surface area (Å²) in [7, 11) is 0. The molecular formula is C30H42O8. The van der Waals surface area contributed by atoms with Gasteiger partial charge in [-0.2, -0.15) is 0 Å². The van der Waals surface area contributed by atoms with Crippen molar-refractivity contribution < 1.29 is 34.3 Å². The Labute approximate surface area is 223 Å². The van der Waals surface area contributed by atoms with Crippen molar-refractivity contribution in [3.8, 4) is 0 Å². The summed E-state index contributed by atoms with van der Waals surface area (Å²) in [6, 6.07) is 3.36. The summed E-state index contributed by atoms with van der Waals surface area (Å²) in [5.41, 5.74) is 0.991. The lowest BCUT2D eigenvalue weighted by molar-refractivity contribution is -0.301. The molecule has 0 spiro atoms. The van der Waals surface area contributed by atoms with Gasteiger partial charge >= 0.3 is 5.63 Å². The normalized spacial score (nSPS) is 50.5. The number of ether oxygens (including phenoxy) is 2. The van der Waals surface area contributed by atoms with Crippen molar-refractivity contribution in [1.29, 1.82) is 0 Å². The van der Waals surface area contributed by atoms with Crippen molar-refractivity contribution in [2.24, 2.45) is 22.7 Å². The summed E-state index contributed by atoms with van der Waals surface area (Å²) in [6.07, 6.45) is 5.32. The van der Waals surface area contributed by atoms with E-state index >= 15 is 0 Å². The molecule has 4 aliphatic carbocycles. The van der Waals surface area contributed by atoms with Crippen molar-refractivity contribution in [3.05, 3.63) is 46.0 Å². The molecule has 38 heavy (non-hydrogen) atoms. The van der Waals surface area contributed by atoms with E-state index in [0.717, 1.165) is 56.9 Å². The number of allylic oxidation sites excluding steroid dienone is 1. The largest absolute Gasteiger partial charge is 0.431 e. The Hall–Kier alpha value is -1.55. The fraction of sp³-hybridized carbons (Fsp3) is 0.767. The number of hydrogen-bond donors (Lipinski definition) is 4. The van der Waals surface area contributed by atoms with E-state index in [9.17, 15) is 25.2 Å². The van der Waals surface area contributed by atoms with Crippen LogP contribution < -0.4 is 5.63 Å². The van der Waals surface area contributed by atoms with Crippen LogP contribution in [0.2, 0.25) is 0 Å². The van der Waals surface area contributed by atoms with Crippen LogP contribution in [0.3, 0.4) is 0 Å². The Morgan fingerprint density at radius 2 is 1.74 bits per heavy atom. The third kappa shape index (κ3) is 3.82. The molecule has 5 aliphatic rings. The predicted octanol–water partition coefficient (Wildman–Crippen LogP) is 3.01. The van der Waals surface area contributed by atoms with Crippen LogP contribution >= 0.6 is 0 Å². The second-order valence-corrected chi connectivity index (χ2v) is 13.1. The van der Waals surface area contributed by atoms with Gasteiger partial charge in [0.05, 0.1) is 24.1 Å². The minimum Gasteiger partial charge on any atom is -0.431 e. The van der Waals surface area contributed by atoms with Gasteiger partial charge in [0.2, 0.25) is 0 Å². The molecule has 6 rings (SSSR count). The molecule has 8 heteroatoms. The topological polar surface area (TPSA) is 130 Å². The molecule has 0 bridgehead atoms. The number of hydrogen-bond acceptors (Lipinski definition) is 8. The monoisotopic (exact) mass is 530 g/mol. The van der Waals surface area contributed by atoms with Gasteiger partial charge in [0.15, 0.2) is 6.29 Å². The van der Waals surface area contributed by atoms with Crippen LogP contribution in [0, 0.1) is 22.7 Å². The quantitative estimate of drug-likeness (QED) is 0.439. The SMILES string of the molecule is C[C@@H]1O[C@@H](O[C@@H]2C=C3CC[C@H]4[C@@H](CC[C@@]5(C)[C@H](c6ccc(=O)oc6)CC[C@]45O)[C@@]3(C)CC2)[C@H](O)[C@H](O)[C@H]1O. The van der Waals surface area contributed by atoms with E-state index in [1.165, 1.54) is 11.6 Å². The summed E-state index contributed by atoms with van der Waals surface area (Å²) in [6.45, 7) is 6.26. The van der Waals surface area contributed by atoms with Gasteiger partial charge in [0.1, 0.15) is 18.3 Å². The minimum atomic E-state index is -1.31. The highest BCUT2D eigenvalue weighted by molar-refractivity contribution is 5.31. The van der Waals surface area contributed by atoms with E-state index in [-0.39, 0.29) is 34.4 Å². The van der Waals surface area contributed by atoms with Gasteiger partial charge in [-0.25, -0.2) is 4.79 Å². The van der Waals surface area contributed by atoms with Crippen molar-refractivity contribution in [2.45, 2.75) is 120 Å². The van der Waals surface area contributed by atoms with Crippen LogP contribution in [-0.2, 0) is 9.47 Å². The first-order chi connectivity index (χ1) is 18.0. The van der Waals surface area contributed by atoms with E-state index in [1.54, 1.807) is 13.2 Å². The highest BCUT2D eigenvalue weighted by Crippen LogP contribution is 2.70. The second kappa shape index (κ2) is 9.25. The first-order valence-electron chi connectivity index (χ1n) is 14.4. The number of aliphatic hydroxyl groups excluding tert-OH is 3. The highest BCUT2D eigenvalue weighted by Gasteiger charge is 2.66. The Bertz CT molecular complexity index is 1130. The Morgan fingerprint density at radius 1 is 0.947 bits per heavy atom. The molecule has 12 atom stereocenters. The first-order valence-corrected chi connectivity index (χ1v) is 14.4. The second-order valence-electron chi connectivity index (χ2n) is 13.1. The fourth-order valence-corrected chi connectivity index (χ4v) is 9.17. The molecule has 0 unspecified atom stereocenters. The molecule has 0 aromatic carbocycles. The zero-order valence-electron chi connectivity index (χ0n) is 22.6. The number of rotatable bonds is 3. The van der Waals surface area contributed by atoms with Crippen molar-refractivity contribution in [1.82, 2.24) is 0 Å². The average Bonchev–Trinajstić information content (AvgIpc) is 3.18. The molecule has 1 aromatic heterocycles. The molecular weight excluding hydrogens is 488 g/mol. The molecule has 1 saturated heterocycles. The average molecular weight is 531 g/mol. The molecule has 0 radical (unpaired) electrons. The van der Waals surface area contributed by atoms with Gasteiger partial charge < -0.3 is 34.3 Å². The van der Waals surface area contributed by atoms with Crippen molar-refractivity contribution in [2.75, 3.05) is 0 Å². The van der Waals surface area contributed by atoms with Crippen molar-refractivity contribution in [3.63, 3.8) is 0 Å². The number of aliphatic hydroxyl groups is 4. The van der Waals surface area contributed by atoms with E-state index in [0.29, 0.717) is 5.92 Å². The molecule has 1 aromatic rings. The summed E-state index contributed by atoms with van der Waals surface area (Å²) < 4.78 is 17.0. The molecule has 210 valence electrons. The summed E-state index contributed by atoms with van der Waals surface area (Å²) in [5.74, 6) is 0.759. The van der Waals surface area contributed by atoms with E-state index < -0.39 is 36.3 Å². The van der Waals surface area contributed by atoms with Crippen LogP contribution in [0.25, 0.3) is 0 Å². The molecule has 4 fully saturated rings. The maximum atomic E-state index is 12.4. The first kappa shape index (κ1) is 26.7. The van der Waals surface area contributed by atoms with Gasteiger partial charge in [0.25, 0.3) is 0 Å². The van der Waals surface area contributed by atoms with Crippen LogP contribution in [0.15, 0.2) is 39.3 Å². The predicted molar refractivity (Wildman–Crippen MR) is 138 cm³/mol. The lowest BCUT2D eigenvalue weighted by atomic mass is 9.45. The molecule has 0 amide bonds. The summed E-state index contributed by atoms with van der Waals surface area (Å²) >= 11 is 0. The standard InChI is InChI=1S/C30H42O8/c1-16-24(32)25(33)26(34)27(37-16)38-19-8-11-28(2)18(14-19)5-6-22-21(28)9-12-29(3)20(10-13-30(22,29)35)17-4-7-23(31)36-15-17/h4,7,14-16,19-22,24-27,32-35H,5-6,8-13H2,1-3H3/t16-,19-,20-,21+,22-,24-,25+,26+,27-,28-,29-,30-/m0/s1. The third-order valence-electron chi connectivity index (χ3n) is 11.5. The maximum absolute atomic E-state index is 12.4. The highest BCUT2D eigenvalue weighted by atomic mass is 16.7. The molecule has 3 saturated carbocycles. The van der Waals surface area contributed by atoms with Gasteiger partial charge in [-0.1, -0.05) is 25.5 Å². The Balaban J connectivity index is 1.21. The van der Waals surface area contributed by atoms with Gasteiger partial charge in [-0.3, -0.25) is 0 Å². The third-order valence-corrected chi connectivity index (χ3v) is 11.5. The van der Waals surface area contributed by atoms with E-state index in [1.807, 2.05) is 6.07 Å². The summed E-state index contributed by atoms with van der Waals surface area (Å²) in [4.78, 5) is 11.5. The van der Waals surface area contributed by atoms with Crippen LogP contribution in [0.5, 0.6) is 0 Å². The van der Waals surface area contributed by atoms with Crippen LogP contribution in [0.4, 0.5) is 0 Å². The summed E-state index contributed by atoms with van der Waals surface area (Å²) in [5, 5.41) is 43.0. The van der Waals surface area contributed by atoms with Crippen LogP contribution in [0.1, 0.15) is 83.6 Å². The zero-order chi connectivity index (χ0) is 27.0. The lowest BCUT2D eigenvalue weighted by Gasteiger charge is -2.62. The van der Waals surface area contributed by atoms with Gasteiger partial charge in [0, 0.05) is 11.5 Å². The molecule has 8 nitrogen and oxygen atoms in total. The van der Waals surface area contributed by atoms with Gasteiger partial charge in [-0.15, -0.1) is 0 Å². The molecule has 2 heterocycles. The van der Waals surface area contributed by atoms with Crippen molar-refractivity contribution >= 4 is 0 Å². The maximum Gasteiger partial charge on any atom is 0.335 e. The minimum absolute atomic E-state index is 0.0213. The van der Waals surface area contributed by atoms with E-state index in [2.05, 4.69) is 19.9 Å². The number of fused-ring (bicyclic) bond motifs is 5. The molecule has 4 N–H and O–H groups in total. The Morgan fingerprint density at radius 3 is 2.47 bits per heavy atom. The fourth-order valence-electron chi connectivity index (χ4n) is 9.17. The smallest absolute Gasteiger partial charge is 0.335 e. The Kier molecular flexibility index (Phi) is 6.49. The lowest BCUT2D eigenvalue weighted by Crippen LogP contribution is -2.60. The molecule has 1 aliphatic heterocycles. The zero-order valence-corrected chi connectivity index (χ0v) is 22.6. The van der Waals surface area contributed by atoms with E-state index in [4.69, 9.17) is 13.9 Å². The van der Waals surface area contributed by atoms with Gasteiger partial charge in [-0.05, 0) is 93.1 Å².